The quantitative estimate of drug-likeness (QED) is 0.556. The zero-order valence-corrected chi connectivity index (χ0v) is 15.1. The molecular weight excluding hydrogens is 357 g/mol. The topological polar surface area (TPSA) is 75.9 Å². The predicted octanol–water partition coefficient (Wildman–Crippen LogP) is 5.42. The van der Waals surface area contributed by atoms with Crippen LogP contribution in [0.4, 0.5) is 28.7 Å². The van der Waals surface area contributed by atoms with Gasteiger partial charge in [-0.15, -0.1) is 0 Å². The molecule has 0 fully saturated rings. The molecule has 128 valence electrons. The highest BCUT2D eigenvalue weighted by Crippen LogP contribution is 2.34. The Kier molecular flexibility index (Phi) is 5.26. The zero-order valence-electron chi connectivity index (χ0n) is 13.6. The monoisotopic (exact) mass is 373 g/mol. The Labute approximate surface area is 156 Å². The lowest BCUT2D eigenvalue weighted by Gasteiger charge is -2.15. The van der Waals surface area contributed by atoms with E-state index in [4.69, 9.17) is 28.9 Å². The largest absolute Gasteiger partial charge is 0.393 e. The molecule has 3 rings (SSSR count). The molecule has 7 heteroatoms. The van der Waals surface area contributed by atoms with Gasteiger partial charge in [0.25, 0.3) is 0 Å². The van der Waals surface area contributed by atoms with Crippen LogP contribution in [-0.4, -0.2) is 9.97 Å². The molecule has 1 aromatic heterocycles. The minimum Gasteiger partial charge on any atom is -0.393 e. The average Bonchev–Trinajstić information content (AvgIpc) is 2.62. The van der Waals surface area contributed by atoms with Gasteiger partial charge in [0.15, 0.2) is 11.6 Å². The smallest absolute Gasteiger partial charge is 0.159 e. The van der Waals surface area contributed by atoms with Crippen LogP contribution in [0.5, 0.6) is 0 Å². The summed E-state index contributed by atoms with van der Waals surface area (Å²) in [5, 5.41) is 7.24. The number of halogens is 2. The van der Waals surface area contributed by atoms with Gasteiger partial charge in [-0.2, -0.15) is 0 Å². The third-order valence-corrected chi connectivity index (χ3v) is 4.56. The van der Waals surface area contributed by atoms with Gasteiger partial charge in [0, 0.05) is 5.69 Å². The number of para-hydroxylation sites is 1. The highest BCUT2D eigenvalue weighted by Gasteiger charge is 2.12. The van der Waals surface area contributed by atoms with Crippen molar-refractivity contribution in [1.82, 2.24) is 9.97 Å². The van der Waals surface area contributed by atoms with Gasteiger partial charge in [-0.1, -0.05) is 54.4 Å². The molecule has 4 N–H and O–H groups in total. The van der Waals surface area contributed by atoms with Crippen LogP contribution in [0, 0.1) is 0 Å². The molecular formula is C18H17Cl2N5. The fourth-order valence-corrected chi connectivity index (χ4v) is 2.75. The Morgan fingerprint density at radius 1 is 0.920 bits per heavy atom. The van der Waals surface area contributed by atoms with Crippen LogP contribution < -0.4 is 16.4 Å². The fourth-order valence-electron chi connectivity index (χ4n) is 2.40. The predicted molar refractivity (Wildman–Crippen MR) is 105 cm³/mol. The molecule has 5 nitrogen and oxygen atoms in total. The summed E-state index contributed by atoms with van der Waals surface area (Å²) in [6.07, 6.45) is 2.34. The molecule has 0 atom stereocenters. The fraction of sp³-hybridized carbons (Fsp3) is 0.111. The third kappa shape index (κ3) is 3.78. The molecule has 0 saturated carbocycles. The van der Waals surface area contributed by atoms with Crippen molar-refractivity contribution in [2.75, 3.05) is 16.4 Å². The van der Waals surface area contributed by atoms with Crippen molar-refractivity contribution >= 4 is 51.9 Å². The van der Waals surface area contributed by atoms with Gasteiger partial charge in [-0.05, 0) is 30.2 Å². The van der Waals surface area contributed by atoms with Gasteiger partial charge in [0.1, 0.15) is 12.0 Å². The Balaban J connectivity index is 1.91. The van der Waals surface area contributed by atoms with Crippen molar-refractivity contribution in [1.29, 1.82) is 0 Å². The highest BCUT2D eigenvalue weighted by atomic mass is 35.5. The molecule has 3 aromatic rings. The van der Waals surface area contributed by atoms with Crippen molar-refractivity contribution < 1.29 is 0 Å². The first-order valence-electron chi connectivity index (χ1n) is 7.76. The summed E-state index contributed by atoms with van der Waals surface area (Å²) in [5.74, 6) is 0.979. The van der Waals surface area contributed by atoms with Crippen LogP contribution in [0.1, 0.15) is 12.5 Å². The van der Waals surface area contributed by atoms with Crippen molar-refractivity contribution in [3.05, 3.63) is 64.4 Å². The van der Waals surface area contributed by atoms with Gasteiger partial charge >= 0.3 is 0 Å². The first-order valence-corrected chi connectivity index (χ1v) is 8.52. The number of nitrogens with one attached hydrogen (secondary N) is 2. The van der Waals surface area contributed by atoms with Gasteiger partial charge in [0.05, 0.1) is 15.7 Å². The van der Waals surface area contributed by atoms with E-state index in [0.29, 0.717) is 33.1 Å². The van der Waals surface area contributed by atoms with Gasteiger partial charge in [-0.3, -0.25) is 0 Å². The number of nitrogens with zero attached hydrogens (tertiary/aromatic N) is 2. The van der Waals surface area contributed by atoms with E-state index in [1.54, 1.807) is 18.2 Å². The van der Waals surface area contributed by atoms with E-state index in [9.17, 15) is 0 Å². The van der Waals surface area contributed by atoms with Crippen LogP contribution >= 0.6 is 23.2 Å². The molecule has 1 heterocycles. The molecule has 25 heavy (non-hydrogen) atoms. The molecule has 0 aliphatic heterocycles. The standard InChI is InChI=1S/C18H17Cl2N5/c1-2-11-6-3-4-8-13(11)24-17-16(21)18(23-10-22-17)25-14-9-5-7-12(19)15(14)20/h3-10H,2,21H2,1H3,(H2,22,23,24,25). The Bertz CT molecular complexity index is 898. The number of rotatable bonds is 5. The Morgan fingerprint density at radius 2 is 1.56 bits per heavy atom. The number of anilines is 5. The maximum Gasteiger partial charge on any atom is 0.159 e. The summed E-state index contributed by atoms with van der Waals surface area (Å²) in [6.45, 7) is 2.10. The summed E-state index contributed by atoms with van der Waals surface area (Å²) in [4.78, 5) is 8.45. The van der Waals surface area contributed by atoms with Gasteiger partial charge < -0.3 is 16.4 Å². The second-order valence-corrected chi connectivity index (χ2v) is 6.13. The minimum absolute atomic E-state index is 0.393. The first-order chi connectivity index (χ1) is 12.1. The van der Waals surface area contributed by atoms with Crippen molar-refractivity contribution in [2.45, 2.75) is 13.3 Å². The molecule has 0 aliphatic rings. The maximum atomic E-state index is 6.23. The lowest BCUT2D eigenvalue weighted by molar-refractivity contribution is 1.13. The molecule has 0 saturated heterocycles. The van der Waals surface area contributed by atoms with Crippen LogP contribution in [0.25, 0.3) is 0 Å². The van der Waals surface area contributed by atoms with E-state index >= 15 is 0 Å². The Hall–Kier alpha value is -2.50. The minimum atomic E-state index is 0.393. The molecule has 0 aliphatic carbocycles. The lowest BCUT2D eigenvalue weighted by Crippen LogP contribution is -2.06. The summed E-state index contributed by atoms with van der Waals surface area (Å²) < 4.78 is 0. The van der Waals surface area contributed by atoms with Crippen LogP contribution in [0.2, 0.25) is 10.0 Å². The van der Waals surface area contributed by atoms with Crippen LogP contribution in [0.15, 0.2) is 48.8 Å². The number of nitrogen functional groups attached to an aromatic ring is 1. The normalized spacial score (nSPS) is 10.5. The van der Waals surface area contributed by atoms with E-state index in [1.165, 1.54) is 11.9 Å². The molecule has 0 unspecified atom stereocenters. The number of hydrogen-bond donors (Lipinski definition) is 3. The lowest BCUT2D eigenvalue weighted by atomic mass is 10.1. The van der Waals surface area contributed by atoms with Crippen LogP contribution in [0.3, 0.4) is 0 Å². The van der Waals surface area contributed by atoms with E-state index in [-0.39, 0.29) is 0 Å². The number of aromatic nitrogens is 2. The van der Waals surface area contributed by atoms with E-state index in [1.807, 2.05) is 18.2 Å². The molecule has 0 radical (unpaired) electrons. The highest BCUT2D eigenvalue weighted by molar-refractivity contribution is 6.43. The number of benzene rings is 2. The average molecular weight is 374 g/mol. The number of aryl methyl sites for hydroxylation is 1. The van der Waals surface area contributed by atoms with E-state index in [2.05, 4.69) is 33.6 Å². The van der Waals surface area contributed by atoms with E-state index < -0.39 is 0 Å². The second kappa shape index (κ2) is 7.59. The van der Waals surface area contributed by atoms with Crippen molar-refractivity contribution in [3.8, 4) is 0 Å². The van der Waals surface area contributed by atoms with Gasteiger partial charge in [0.2, 0.25) is 0 Å². The maximum absolute atomic E-state index is 6.23. The SMILES string of the molecule is CCc1ccccc1Nc1ncnc(Nc2cccc(Cl)c2Cl)c1N. The molecule has 2 aromatic carbocycles. The second-order valence-electron chi connectivity index (χ2n) is 5.35. The summed E-state index contributed by atoms with van der Waals surface area (Å²) in [7, 11) is 0. The van der Waals surface area contributed by atoms with Crippen molar-refractivity contribution in [3.63, 3.8) is 0 Å². The third-order valence-electron chi connectivity index (χ3n) is 3.74. The zero-order chi connectivity index (χ0) is 17.8. The van der Waals surface area contributed by atoms with Crippen LogP contribution in [-0.2, 0) is 6.42 Å². The summed E-state index contributed by atoms with van der Waals surface area (Å²) in [6, 6.07) is 13.3. The summed E-state index contributed by atoms with van der Waals surface area (Å²) in [5.41, 5.74) is 9.38. The molecule has 0 spiro atoms. The number of nitrogens with two attached hydrogens (primary N) is 1. The first kappa shape index (κ1) is 17.3. The van der Waals surface area contributed by atoms with Gasteiger partial charge in [-0.25, -0.2) is 9.97 Å². The Morgan fingerprint density at radius 3 is 2.28 bits per heavy atom. The summed E-state index contributed by atoms with van der Waals surface area (Å²) >= 11 is 12.3. The molecule has 0 amide bonds. The van der Waals surface area contributed by atoms with E-state index in [0.717, 1.165) is 12.1 Å². The van der Waals surface area contributed by atoms with Crippen molar-refractivity contribution in [2.24, 2.45) is 0 Å². The number of hydrogen-bond acceptors (Lipinski definition) is 5. The molecule has 0 bridgehead atoms.